The molecule has 3 fully saturated rings. The second-order valence-electron chi connectivity index (χ2n) is 10.2. The molecular formula is C24H32N6O3S. The van der Waals surface area contributed by atoms with Crippen molar-refractivity contribution in [3.8, 4) is 0 Å². The zero-order valence-electron chi connectivity index (χ0n) is 19.6. The van der Waals surface area contributed by atoms with Crippen LogP contribution in [0.5, 0.6) is 0 Å². The van der Waals surface area contributed by atoms with E-state index < -0.39 is 16.2 Å². The number of hydrogen-bond acceptors (Lipinski definition) is 5. The van der Waals surface area contributed by atoms with Gasteiger partial charge in [-0.25, -0.2) is 9.52 Å². The molecule has 34 heavy (non-hydrogen) atoms. The Morgan fingerprint density at radius 2 is 1.74 bits per heavy atom. The van der Waals surface area contributed by atoms with E-state index in [2.05, 4.69) is 30.8 Å². The summed E-state index contributed by atoms with van der Waals surface area (Å²) >= 11 is 0. The van der Waals surface area contributed by atoms with Crippen LogP contribution in [0, 0.1) is 5.92 Å². The number of nitrogens with one attached hydrogen (secondary N) is 3. The second-order valence-corrected chi connectivity index (χ2v) is 11.7. The molecule has 2 aliphatic carbocycles. The summed E-state index contributed by atoms with van der Waals surface area (Å²) in [4.78, 5) is 15.3. The average molecular weight is 485 g/mol. The van der Waals surface area contributed by atoms with Gasteiger partial charge in [-0.1, -0.05) is 6.07 Å². The van der Waals surface area contributed by atoms with E-state index in [1.165, 1.54) is 11.1 Å². The average Bonchev–Trinajstić information content (AvgIpc) is 3.53. The van der Waals surface area contributed by atoms with Gasteiger partial charge in [-0.3, -0.25) is 9.40 Å². The molecule has 182 valence electrons. The summed E-state index contributed by atoms with van der Waals surface area (Å²) in [7, 11) is -2.33. The van der Waals surface area contributed by atoms with Crippen LogP contribution in [0.4, 0.5) is 16.2 Å². The second kappa shape index (κ2) is 8.27. The molecule has 2 bridgehead atoms. The van der Waals surface area contributed by atoms with Crippen molar-refractivity contribution in [3.63, 3.8) is 0 Å². The number of aryl methyl sites for hydroxylation is 3. The Morgan fingerprint density at radius 3 is 2.35 bits per heavy atom. The molecule has 0 saturated carbocycles. The van der Waals surface area contributed by atoms with E-state index in [0.29, 0.717) is 11.6 Å². The lowest BCUT2D eigenvalue weighted by atomic mass is 9.77. The maximum Gasteiger partial charge on any atom is 0.334 e. The zero-order valence-corrected chi connectivity index (χ0v) is 20.4. The molecule has 10 heteroatoms. The van der Waals surface area contributed by atoms with Crippen molar-refractivity contribution < 1.29 is 13.2 Å². The molecule has 3 N–H and O–H groups in total. The fourth-order valence-corrected chi connectivity index (χ4v) is 7.32. The number of fused-ring (bicyclic) bond motifs is 5. The molecule has 1 aromatic carbocycles. The molecular weight excluding hydrogens is 452 g/mol. The van der Waals surface area contributed by atoms with Gasteiger partial charge in [0.2, 0.25) is 0 Å². The zero-order chi connectivity index (χ0) is 23.4. The smallest absolute Gasteiger partial charge is 0.307 e. The minimum Gasteiger partial charge on any atom is -0.307 e. The number of nitrogens with zero attached hydrogens (tertiary/aromatic N) is 3. The van der Waals surface area contributed by atoms with Crippen LogP contribution in [0.25, 0.3) is 0 Å². The summed E-state index contributed by atoms with van der Waals surface area (Å²) in [6.45, 7) is 3.10. The van der Waals surface area contributed by atoms with Crippen molar-refractivity contribution in [1.82, 2.24) is 19.4 Å². The molecule has 9 nitrogen and oxygen atoms in total. The summed E-state index contributed by atoms with van der Waals surface area (Å²) in [5.41, 5.74) is 6.94. The fourth-order valence-electron chi connectivity index (χ4n) is 6.53. The fraction of sp³-hybridized carbons (Fsp3) is 0.583. The Morgan fingerprint density at radius 1 is 1.06 bits per heavy atom. The molecule has 5 aliphatic rings. The number of urea groups is 1. The van der Waals surface area contributed by atoms with Gasteiger partial charge in [0, 0.05) is 31.4 Å². The molecule has 2 amide bonds. The summed E-state index contributed by atoms with van der Waals surface area (Å²) in [5, 5.41) is 7.49. The van der Waals surface area contributed by atoms with Crippen molar-refractivity contribution in [1.29, 1.82) is 0 Å². The van der Waals surface area contributed by atoms with Gasteiger partial charge < -0.3 is 10.2 Å². The SMILES string of the molecule is Cn1cc(NS(=O)(=O)NC(=O)Nc2c3c(cc4c2CCC4)CCC3)c(C2CN3CCC2CC3)n1. The lowest BCUT2D eigenvalue weighted by molar-refractivity contribution is 0.0855. The van der Waals surface area contributed by atoms with Gasteiger partial charge >= 0.3 is 16.2 Å². The largest absolute Gasteiger partial charge is 0.334 e. The maximum atomic E-state index is 12.9. The van der Waals surface area contributed by atoms with E-state index >= 15 is 0 Å². The number of carbonyl (C=O) groups excluding carboxylic acids is 1. The number of benzene rings is 1. The van der Waals surface area contributed by atoms with Crippen molar-refractivity contribution in [3.05, 3.63) is 40.2 Å². The number of carbonyl (C=O) groups is 1. The monoisotopic (exact) mass is 484 g/mol. The van der Waals surface area contributed by atoms with Crippen molar-refractivity contribution in [2.45, 2.75) is 57.3 Å². The van der Waals surface area contributed by atoms with Crippen LogP contribution >= 0.6 is 0 Å². The van der Waals surface area contributed by atoms with Gasteiger partial charge in [-0.05, 0) is 92.6 Å². The van der Waals surface area contributed by atoms with Crippen LogP contribution in [0.3, 0.4) is 0 Å². The van der Waals surface area contributed by atoms with Gasteiger partial charge in [0.15, 0.2) is 0 Å². The van der Waals surface area contributed by atoms with Gasteiger partial charge in [-0.2, -0.15) is 13.5 Å². The van der Waals surface area contributed by atoms with Crippen molar-refractivity contribution in [2.75, 3.05) is 29.7 Å². The third-order valence-corrected chi connectivity index (χ3v) is 8.99. The quantitative estimate of drug-likeness (QED) is 0.605. The highest BCUT2D eigenvalue weighted by Crippen LogP contribution is 2.41. The Hall–Kier alpha value is -2.59. The highest BCUT2D eigenvalue weighted by molar-refractivity contribution is 7.91. The third kappa shape index (κ3) is 3.96. The molecule has 3 aliphatic heterocycles. The number of rotatable bonds is 5. The Bertz CT molecular complexity index is 1210. The predicted octanol–water partition coefficient (Wildman–Crippen LogP) is 2.69. The summed E-state index contributed by atoms with van der Waals surface area (Å²) in [5.74, 6) is 0.714. The van der Waals surface area contributed by atoms with Crippen LogP contribution in [0.1, 0.15) is 59.5 Å². The molecule has 0 spiro atoms. The predicted molar refractivity (Wildman–Crippen MR) is 130 cm³/mol. The van der Waals surface area contributed by atoms with Crippen molar-refractivity contribution >= 4 is 27.6 Å². The number of amides is 2. The van der Waals surface area contributed by atoms with Crippen LogP contribution < -0.4 is 14.8 Å². The van der Waals surface area contributed by atoms with Gasteiger partial charge in [-0.15, -0.1) is 0 Å². The van der Waals surface area contributed by atoms with Gasteiger partial charge in [0.1, 0.15) is 0 Å². The molecule has 7 rings (SSSR count). The Labute approximate surface area is 200 Å². The molecule has 1 unspecified atom stereocenters. The Kier molecular flexibility index (Phi) is 5.33. The van der Waals surface area contributed by atoms with Crippen LogP contribution in [0.2, 0.25) is 0 Å². The van der Waals surface area contributed by atoms with E-state index in [9.17, 15) is 13.2 Å². The molecule has 2 aromatic rings. The lowest BCUT2D eigenvalue weighted by Gasteiger charge is -2.44. The van der Waals surface area contributed by atoms with E-state index in [-0.39, 0.29) is 5.92 Å². The summed E-state index contributed by atoms with van der Waals surface area (Å²) < 4.78 is 32.3. The maximum absolute atomic E-state index is 12.9. The van der Waals surface area contributed by atoms with E-state index in [4.69, 9.17) is 0 Å². The highest BCUT2D eigenvalue weighted by atomic mass is 32.2. The molecule has 1 atom stereocenters. The van der Waals surface area contributed by atoms with E-state index in [0.717, 1.165) is 93.5 Å². The van der Waals surface area contributed by atoms with Gasteiger partial charge in [0.05, 0.1) is 11.4 Å². The van der Waals surface area contributed by atoms with Crippen LogP contribution in [0.15, 0.2) is 12.3 Å². The van der Waals surface area contributed by atoms with E-state index in [1.54, 1.807) is 17.9 Å². The van der Waals surface area contributed by atoms with E-state index in [1.807, 2.05) is 0 Å². The van der Waals surface area contributed by atoms with Crippen molar-refractivity contribution in [2.24, 2.45) is 13.0 Å². The number of anilines is 2. The molecule has 3 saturated heterocycles. The lowest BCUT2D eigenvalue weighted by Crippen LogP contribution is -2.46. The first-order valence-corrected chi connectivity index (χ1v) is 13.9. The summed E-state index contributed by atoms with van der Waals surface area (Å²) in [6.07, 6.45) is 9.91. The first-order valence-electron chi connectivity index (χ1n) is 12.4. The first-order chi connectivity index (χ1) is 16.4. The normalized spacial score (nSPS) is 25.1. The number of piperidine rings is 3. The molecule has 0 radical (unpaired) electrons. The van der Waals surface area contributed by atoms with Crippen LogP contribution in [-0.4, -0.2) is 48.8 Å². The number of hydrogen-bond donors (Lipinski definition) is 3. The Balaban J connectivity index is 1.19. The van der Waals surface area contributed by atoms with Crippen LogP contribution in [-0.2, 0) is 42.9 Å². The number of aromatic nitrogens is 2. The summed E-state index contributed by atoms with van der Waals surface area (Å²) in [6, 6.07) is 1.56. The highest BCUT2D eigenvalue weighted by Gasteiger charge is 2.38. The minimum absolute atomic E-state index is 0.199. The molecule has 1 aromatic heterocycles. The minimum atomic E-state index is -4.12. The first kappa shape index (κ1) is 21.9. The molecule has 4 heterocycles. The van der Waals surface area contributed by atoms with Gasteiger partial charge in [0.25, 0.3) is 0 Å². The topological polar surface area (TPSA) is 108 Å². The third-order valence-electron chi connectivity index (χ3n) is 8.05. The standard InChI is InChI=1S/C24H32N6O3S/c1-29-14-21(23(26-29)20-13-30-10-8-15(20)9-11-30)27-34(32,33)28-24(31)25-22-18-6-2-4-16(18)12-17-5-3-7-19(17)22/h12,14-15,20,27H,2-11,13H2,1H3,(H2,25,28,31).